The second-order valence-corrected chi connectivity index (χ2v) is 10.6. The second-order valence-electron chi connectivity index (χ2n) is 8.75. The average Bonchev–Trinajstić information content (AvgIpc) is 2.69. The van der Waals surface area contributed by atoms with Gasteiger partial charge in [0.15, 0.2) is 0 Å². The van der Waals surface area contributed by atoms with Crippen LogP contribution in [0.3, 0.4) is 0 Å². The topological polar surface area (TPSA) is 75.6 Å². The van der Waals surface area contributed by atoms with Crippen LogP contribution < -0.4 is 5.32 Å². The fraction of sp³-hybridized carbons (Fsp3) is 0.958. The maximum absolute atomic E-state index is 11.8. The molecule has 0 heterocycles. The number of hydrogen-bond donors (Lipinski definition) is 2. The first kappa shape index (κ1) is 29.6. The van der Waals surface area contributed by atoms with Crippen molar-refractivity contribution in [2.24, 2.45) is 0 Å². The summed E-state index contributed by atoms with van der Waals surface area (Å²) >= 11 is 0. The van der Waals surface area contributed by atoms with Crippen molar-refractivity contribution in [1.82, 2.24) is 5.32 Å². The molecule has 0 fully saturated rings. The molecule has 0 aliphatic heterocycles. The van der Waals surface area contributed by atoms with Gasteiger partial charge in [0.1, 0.15) is 0 Å². The summed E-state index contributed by atoms with van der Waals surface area (Å²) in [4.78, 5) is 20.8. The van der Waals surface area contributed by atoms with Crippen molar-refractivity contribution >= 4 is 13.5 Å². The van der Waals surface area contributed by atoms with E-state index in [0.717, 1.165) is 45.1 Å². The van der Waals surface area contributed by atoms with Crippen molar-refractivity contribution in [3.05, 3.63) is 0 Å². The molecule has 0 aliphatic carbocycles. The molecule has 1 atom stereocenters. The van der Waals surface area contributed by atoms with Crippen LogP contribution in [-0.4, -0.2) is 30.6 Å². The van der Waals surface area contributed by atoms with E-state index in [1.165, 1.54) is 83.7 Å². The smallest absolute Gasteiger partial charge is 0.325 e. The molecule has 0 saturated carbocycles. The lowest BCUT2D eigenvalue weighted by Crippen LogP contribution is -2.23. The van der Waals surface area contributed by atoms with Crippen LogP contribution in [0.15, 0.2) is 0 Å². The van der Waals surface area contributed by atoms with Gasteiger partial charge in [-0.05, 0) is 19.3 Å². The minimum absolute atomic E-state index is 0.171. The summed E-state index contributed by atoms with van der Waals surface area (Å²) in [5, 5.41) is 2.99. The van der Waals surface area contributed by atoms with E-state index in [0.29, 0.717) is 13.0 Å². The third-order valence-corrected chi connectivity index (χ3v) is 6.14. The summed E-state index contributed by atoms with van der Waals surface area (Å²) in [5.41, 5.74) is 0. The SMILES string of the molecule is CCCCCCCCCCCCCCCCC(=O)NCCCCCCOP(C)(=O)O. The second kappa shape index (κ2) is 21.8. The zero-order chi connectivity index (χ0) is 22.3. The highest BCUT2D eigenvalue weighted by molar-refractivity contribution is 7.51. The van der Waals surface area contributed by atoms with Crippen molar-refractivity contribution in [2.75, 3.05) is 19.8 Å². The monoisotopic (exact) mass is 447 g/mol. The predicted molar refractivity (Wildman–Crippen MR) is 128 cm³/mol. The van der Waals surface area contributed by atoms with Gasteiger partial charge in [0, 0.05) is 19.6 Å². The van der Waals surface area contributed by atoms with Gasteiger partial charge >= 0.3 is 7.60 Å². The molecule has 0 radical (unpaired) electrons. The first-order valence-electron chi connectivity index (χ1n) is 12.7. The Morgan fingerprint density at radius 3 is 1.67 bits per heavy atom. The van der Waals surface area contributed by atoms with Gasteiger partial charge in [-0.25, -0.2) is 0 Å². The van der Waals surface area contributed by atoms with Crippen LogP contribution in [0, 0.1) is 0 Å². The van der Waals surface area contributed by atoms with E-state index in [-0.39, 0.29) is 5.91 Å². The zero-order valence-corrected chi connectivity index (χ0v) is 20.9. The van der Waals surface area contributed by atoms with Gasteiger partial charge in [0.2, 0.25) is 5.91 Å². The normalized spacial score (nSPS) is 13.3. The molecule has 0 rings (SSSR count). The van der Waals surface area contributed by atoms with Crippen molar-refractivity contribution in [3.63, 3.8) is 0 Å². The number of nitrogens with one attached hydrogen (secondary N) is 1. The molecule has 180 valence electrons. The molecule has 0 bridgehead atoms. The molecule has 5 nitrogen and oxygen atoms in total. The number of hydrogen-bond acceptors (Lipinski definition) is 3. The van der Waals surface area contributed by atoms with E-state index < -0.39 is 7.60 Å². The maximum Gasteiger partial charge on any atom is 0.325 e. The molecule has 6 heteroatoms. The highest BCUT2D eigenvalue weighted by atomic mass is 31.2. The Bertz CT molecular complexity index is 425. The molecule has 0 aromatic carbocycles. The largest absolute Gasteiger partial charge is 0.356 e. The van der Waals surface area contributed by atoms with Gasteiger partial charge in [0.05, 0.1) is 6.61 Å². The summed E-state index contributed by atoms with van der Waals surface area (Å²) in [7, 11) is -3.33. The zero-order valence-electron chi connectivity index (χ0n) is 20.0. The molecule has 0 aromatic rings. The van der Waals surface area contributed by atoms with Crippen LogP contribution in [0.25, 0.3) is 0 Å². The van der Waals surface area contributed by atoms with Gasteiger partial charge < -0.3 is 14.7 Å². The molecule has 30 heavy (non-hydrogen) atoms. The lowest BCUT2D eigenvalue weighted by atomic mass is 10.0. The summed E-state index contributed by atoms with van der Waals surface area (Å²) in [6.07, 6.45) is 23.0. The average molecular weight is 448 g/mol. The molecular weight excluding hydrogens is 397 g/mol. The van der Waals surface area contributed by atoms with E-state index in [1.807, 2.05) is 0 Å². The first-order chi connectivity index (χ1) is 14.5. The summed E-state index contributed by atoms with van der Waals surface area (Å²) in [6, 6.07) is 0. The first-order valence-corrected chi connectivity index (χ1v) is 14.7. The molecule has 0 spiro atoms. The quantitative estimate of drug-likeness (QED) is 0.127. The number of carbonyl (C=O) groups is 1. The third-order valence-electron chi connectivity index (χ3n) is 5.48. The fourth-order valence-electron chi connectivity index (χ4n) is 3.61. The Labute approximate surface area is 186 Å². The van der Waals surface area contributed by atoms with Gasteiger partial charge in [-0.1, -0.05) is 103 Å². The van der Waals surface area contributed by atoms with Gasteiger partial charge in [0.25, 0.3) is 0 Å². The van der Waals surface area contributed by atoms with Gasteiger partial charge in [-0.15, -0.1) is 0 Å². The predicted octanol–water partition coefficient (Wildman–Crippen LogP) is 7.37. The highest BCUT2D eigenvalue weighted by Crippen LogP contribution is 2.36. The number of carbonyl (C=O) groups excluding carboxylic acids is 1. The Hall–Kier alpha value is -0.380. The Morgan fingerprint density at radius 1 is 0.733 bits per heavy atom. The Balaban J connectivity index is 3.19. The van der Waals surface area contributed by atoms with E-state index in [4.69, 9.17) is 9.42 Å². The van der Waals surface area contributed by atoms with Crippen LogP contribution in [-0.2, 0) is 13.9 Å². The summed E-state index contributed by atoms with van der Waals surface area (Å²) in [6.45, 7) is 4.53. The van der Waals surface area contributed by atoms with Crippen LogP contribution in [0.5, 0.6) is 0 Å². The molecule has 0 aromatic heterocycles. The Morgan fingerprint density at radius 2 is 1.17 bits per heavy atom. The van der Waals surface area contributed by atoms with Crippen molar-refractivity contribution in [3.8, 4) is 0 Å². The third kappa shape index (κ3) is 25.7. The van der Waals surface area contributed by atoms with E-state index in [2.05, 4.69) is 12.2 Å². The van der Waals surface area contributed by atoms with Crippen LogP contribution in [0.4, 0.5) is 0 Å². The standard InChI is InChI=1S/C24H50NO4P/c1-3-4-5-6-7-8-9-10-11-12-13-14-15-18-21-24(26)25-22-19-16-17-20-23-29-30(2,27)28/h3-23H2,1-2H3,(H,25,26)(H,27,28). The van der Waals surface area contributed by atoms with Crippen LogP contribution in [0.2, 0.25) is 0 Å². The van der Waals surface area contributed by atoms with Crippen LogP contribution in [0.1, 0.15) is 129 Å². The maximum atomic E-state index is 11.8. The molecule has 0 aliphatic rings. The highest BCUT2D eigenvalue weighted by Gasteiger charge is 2.08. The number of rotatable bonds is 23. The molecular formula is C24H50NO4P. The van der Waals surface area contributed by atoms with Crippen molar-refractivity contribution in [2.45, 2.75) is 129 Å². The molecule has 1 amide bonds. The lowest BCUT2D eigenvalue weighted by Gasteiger charge is -2.07. The Kier molecular flexibility index (Phi) is 21.6. The number of unbranched alkanes of at least 4 members (excludes halogenated alkanes) is 16. The van der Waals surface area contributed by atoms with E-state index in [1.54, 1.807) is 0 Å². The minimum atomic E-state index is -3.33. The van der Waals surface area contributed by atoms with Gasteiger partial charge in [-0.3, -0.25) is 9.36 Å². The lowest BCUT2D eigenvalue weighted by molar-refractivity contribution is -0.121. The fourth-order valence-corrected chi connectivity index (χ4v) is 4.08. The molecule has 1 unspecified atom stereocenters. The summed E-state index contributed by atoms with van der Waals surface area (Å²) in [5.74, 6) is 0.171. The minimum Gasteiger partial charge on any atom is -0.356 e. The molecule has 2 N–H and O–H groups in total. The van der Waals surface area contributed by atoms with Gasteiger partial charge in [-0.2, -0.15) is 0 Å². The van der Waals surface area contributed by atoms with Crippen LogP contribution >= 0.6 is 7.60 Å². The summed E-state index contributed by atoms with van der Waals surface area (Å²) < 4.78 is 15.8. The van der Waals surface area contributed by atoms with Crippen molar-refractivity contribution in [1.29, 1.82) is 0 Å². The van der Waals surface area contributed by atoms with E-state index >= 15 is 0 Å². The van der Waals surface area contributed by atoms with E-state index in [9.17, 15) is 9.36 Å². The molecule has 0 saturated heterocycles. The van der Waals surface area contributed by atoms with Crippen molar-refractivity contribution < 1.29 is 18.8 Å². The number of amides is 1.